The molecule has 0 spiro atoms. The van der Waals surface area contributed by atoms with Gasteiger partial charge in [0.1, 0.15) is 11.6 Å². The number of aryl methyl sites for hydroxylation is 2. The van der Waals surface area contributed by atoms with E-state index >= 15 is 0 Å². The number of H-pyrrole nitrogens is 1. The summed E-state index contributed by atoms with van der Waals surface area (Å²) in [6, 6.07) is 3.33. The van der Waals surface area contributed by atoms with Crippen molar-refractivity contribution >= 4 is 5.91 Å². The van der Waals surface area contributed by atoms with Crippen LogP contribution in [0.4, 0.5) is 4.39 Å². The van der Waals surface area contributed by atoms with Gasteiger partial charge in [0.15, 0.2) is 0 Å². The van der Waals surface area contributed by atoms with E-state index in [0.29, 0.717) is 6.54 Å². The number of hydrogen-bond acceptors (Lipinski definition) is 3. The Kier molecular flexibility index (Phi) is 4.34. The van der Waals surface area contributed by atoms with Crippen molar-refractivity contribution in [3.05, 3.63) is 47.0 Å². The van der Waals surface area contributed by atoms with Gasteiger partial charge in [-0.1, -0.05) is 0 Å². The maximum Gasteiger partial charge on any atom is 0.255 e. The van der Waals surface area contributed by atoms with Crippen LogP contribution in [0.5, 0.6) is 5.75 Å². The quantitative estimate of drug-likeness (QED) is 0.731. The van der Waals surface area contributed by atoms with Crippen molar-refractivity contribution in [3.8, 4) is 5.75 Å². The molecule has 0 atom stereocenters. The zero-order valence-electron chi connectivity index (χ0n) is 11.1. The fourth-order valence-electron chi connectivity index (χ4n) is 1.90. The van der Waals surface area contributed by atoms with Crippen molar-refractivity contribution in [2.24, 2.45) is 0 Å². The summed E-state index contributed by atoms with van der Waals surface area (Å²) in [5.41, 5.74) is 2.21. The number of hydrogen-bond donors (Lipinski definition) is 3. The lowest BCUT2D eigenvalue weighted by Crippen LogP contribution is -2.24. The van der Waals surface area contributed by atoms with Crippen LogP contribution >= 0.6 is 0 Å². The second kappa shape index (κ2) is 6.18. The van der Waals surface area contributed by atoms with Crippen LogP contribution in [0.15, 0.2) is 24.4 Å². The molecule has 6 heteroatoms. The lowest BCUT2D eigenvalue weighted by molar-refractivity contribution is 0.0950. The van der Waals surface area contributed by atoms with E-state index in [-0.39, 0.29) is 11.3 Å². The summed E-state index contributed by atoms with van der Waals surface area (Å²) in [6.45, 7) is 2.41. The number of carbonyl (C=O) groups excluding carboxylic acids is 1. The number of halogens is 1. The third kappa shape index (κ3) is 3.34. The maximum atomic E-state index is 12.8. The Hall–Kier alpha value is -2.37. The number of nitrogens with one attached hydrogen (secondary N) is 2. The van der Waals surface area contributed by atoms with E-state index in [1.165, 1.54) is 6.07 Å². The zero-order chi connectivity index (χ0) is 14.5. The van der Waals surface area contributed by atoms with Crippen LogP contribution in [0.2, 0.25) is 0 Å². The highest BCUT2D eigenvalue weighted by atomic mass is 19.1. The van der Waals surface area contributed by atoms with Crippen molar-refractivity contribution in [1.29, 1.82) is 0 Å². The van der Waals surface area contributed by atoms with Crippen molar-refractivity contribution < 1.29 is 14.3 Å². The average Bonchev–Trinajstić information content (AvgIpc) is 2.80. The number of aromatic amines is 1. The van der Waals surface area contributed by atoms with E-state index < -0.39 is 11.7 Å². The lowest BCUT2D eigenvalue weighted by atomic mass is 10.1. The normalized spacial score (nSPS) is 10.5. The second-order valence-corrected chi connectivity index (χ2v) is 4.54. The van der Waals surface area contributed by atoms with E-state index in [4.69, 9.17) is 0 Å². The fraction of sp³-hybridized carbons (Fsp3) is 0.286. The molecule has 5 nitrogen and oxygen atoms in total. The number of amides is 1. The number of aromatic nitrogens is 2. The number of aromatic hydroxyl groups is 1. The van der Waals surface area contributed by atoms with Crippen LogP contribution in [0, 0.1) is 12.7 Å². The summed E-state index contributed by atoms with van der Waals surface area (Å²) in [7, 11) is 0. The van der Waals surface area contributed by atoms with Gasteiger partial charge < -0.3 is 10.4 Å². The summed E-state index contributed by atoms with van der Waals surface area (Å²) in [6.07, 6.45) is 3.33. The first-order valence-electron chi connectivity index (χ1n) is 6.33. The molecule has 3 N–H and O–H groups in total. The third-order valence-corrected chi connectivity index (χ3v) is 3.05. The van der Waals surface area contributed by atoms with Crippen LogP contribution in [-0.2, 0) is 6.42 Å². The minimum atomic E-state index is -0.575. The minimum Gasteiger partial charge on any atom is -0.507 e. The Morgan fingerprint density at radius 3 is 2.95 bits per heavy atom. The summed E-state index contributed by atoms with van der Waals surface area (Å²) in [5.74, 6) is -1.34. The standard InChI is InChI=1S/C14H16FN3O2/c1-9-10(8-17-18-9)3-2-6-16-14(20)12-5-4-11(15)7-13(12)19/h4-5,7-8,19H,2-3,6H2,1H3,(H,16,20)(H,17,18). The second-order valence-electron chi connectivity index (χ2n) is 4.54. The Morgan fingerprint density at radius 2 is 2.30 bits per heavy atom. The maximum absolute atomic E-state index is 12.8. The van der Waals surface area contributed by atoms with Crippen molar-refractivity contribution in [2.45, 2.75) is 19.8 Å². The highest BCUT2D eigenvalue weighted by Gasteiger charge is 2.11. The van der Waals surface area contributed by atoms with Crippen molar-refractivity contribution in [3.63, 3.8) is 0 Å². The summed E-state index contributed by atoms with van der Waals surface area (Å²) in [5, 5.41) is 19.0. The molecule has 0 saturated heterocycles. The molecule has 2 aromatic rings. The smallest absolute Gasteiger partial charge is 0.255 e. The van der Waals surface area contributed by atoms with Gasteiger partial charge in [0, 0.05) is 18.3 Å². The van der Waals surface area contributed by atoms with Crippen LogP contribution in [0.3, 0.4) is 0 Å². The SMILES string of the molecule is Cc1[nH]ncc1CCCNC(=O)c1ccc(F)cc1O. The van der Waals surface area contributed by atoms with Gasteiger partial charge in [-0.2, -0.15) is 5.10 Å². The molecule has 1 aromatic carbocycles. The number of nitrogens with zero attached hydrogens (tertiary/aromatic N) is 1. The fourth-order valence-corrected chi connectivity index (χ4v) is 1.90. The molecule has 0 fully saturated rings. The van der Waals surface area contributed by atoms with Gasteiger partial charge in [0.2, 0.25) is 0 Å². The van der Waals surface area contributed by atoms with Gasteiger partial charge in [-0.3, -0.25) is 9.89 Å². The van der Waals surface area contributed by atoms with Gasteiger partial charge in [-0.05, 0) is 37.5 Å². The Labute approximate surface area is 115 Å². The van der Waals surface area contributed by atoms with E-state index in [1.807, 2.05) is 6.92 Å². The Morgan fingerprint density at radius 1 is 1.50 bits per heavy atom. The number of phenolic OH excluding ortho intramolecular Hbond substituents is 1. The van der Waals surface area contributed by atoms with E-state index in [0.717, 1.165) is 36.2 Å². The highest BCUT2D eigenvalue weighted by Crippen LogP contribution is 2.17. The van der Waals surface area contributed by atoms with Gasteiger partial charge in [-0.15, -0.1) is 0 Å². The molecule has 0 aliphatic carbocycles. The van der Waals surface area contributed by atoms with Crippen molar-refractivity contribution in [2.75, 3.05) is 6.54 Å². The van der Waals surface area contributed by atoms with Crippen molar-refractivity contribution in [1.82, 2.24) is 15.5 Å². The molecule has 0 aliphatic rings. The van der Waals surface area contributed by atoms with Gasteiger partial charge in [0.25, 0.3) is 5.91 Å². The van der Waals surface area contributed by atoms with Crippen LogP contribution in [-0.4, -0.2) is 27.8 Å². The molecule has 20 heavy (non-hydrogen) atoms. The lowest BCUT2D eigenvalue weighted by Gasteiger charge is -2.06. The summed E-state index contributed by atoms with van der Waals surface area (Å²) in [4.78, 5) is 11.8. The molecule has 0 unspecified atom stereocenters. The van der Waals surface area contributed by atoms with Gasteiger partial charge in [-0.25, -0.2) is 4.39 Å². The number of benzene rings is 1. The Balaban J connectivity index is 1.82. The highest BCUT2D eigenvalue weighted by molar-refractivity contribution is 5.96. The topological polar surface area (TPSA) is 78.0 Å². The molecule has 1 heterocycles. The van der Waals surface area contributed by atoms with Crippen LogP contribution in [0.1, 0.15) is 28.0 Å². The monoisotopic (exact) mass is 277 g/mol. The minimum absolute atomic E-state index is 0.0749. The number of carbonyl (C=O) groups is 1. The summed E-state index contributed by atoms with van der Waals surface area (Å²) >= 11 is 0. The zero-order valence-corrected chi connectivity index (χ0v) is 11.1. The predicted octanol–water partition coefficient (Wildman–Crippen LogP) is 1.93. The number of phenols is 1. The first-order chi connectivity index (χ1) is 9.58. The molecule has 0 bridgehead atoms. The van der Waals surface area contributed by atoms with E-state index in [1.54, 1.807) is 6.20 Å². The van der Waals surface area contributed by atoms with Crippen LogP contribution < -0.4 is 5.32 Å². The molecule has 0 saturated carbocycles. The summed E-state index contributed by atoms with van der Waals surface area (Å²) < 4.78 is 12.8. The largest absolute Gasteiger partial charge is 0.507 e. The third-order valence-electron chi connectivity index (χ3n) is 3.05. The molecule has 1 aromatic heterocycles. The molecular weight excluding hydrogens is 261 g/mol. The first-order valence-corrected chi connectivity index (χ1v) is 6.33. The predicted molar refractivity (Wildman–Crippen MR) is 72.0 cm³/mol. The number of rotatable bonds is 5. The molecular formula is C14H16FN3O2. The molecule has 0 aliphatic heterocycles. The van der Waals surface area contributed by atoms with Crippen LogP contribution in [0.25, 0.3) is 0 Å². The molecule has 1 amide bonds. The average molecular weight is 277 g/mol. The van der Waals surface area contributed by atoms with E-state index in [9.17, 15) is 14.3 Å². The molecule has 106 valence electrons. The molecule has 2 rings (SSSR count). The first kappa shape index (κ1) is 14.0. The van der Waals surface area contributed by atoms with Gasteiger partial charge in [0.05, 0.1) is 11.8 Å². The molecule has 0 radical (unpaired) electrons. The Bertz CT molecular complexity index is 610. The van der Waals surface area contributed by atoms with Gasteiger partial charge >= 0.3 is 0 Å². The van der Waals surface area contributed by atoms with E-state index in [2.05, 4.69) is 15.5 Å².